The van der Waals surface area contributed by atoms with Crippen LogP contribution in [0.15, 0.2) is 28.9 Å². The topological polar surface area (TPSA) is 43.8 Å². The molecule has 1 aliphatic heterocycles. The van der Waals surface area contributed by atoms with Crippen LogP contribution in [0.4, 0.5) is 0 Å². The summed E-state index contributed by atoms with van der Waals surface area (Å²) in [6, 6.07) is 6.36. The van der Waals surface area contributed by atoms with E-state index in [1.807, 2.05) is 6.20 Å². The molecule has 0 fully saturated rings. The maximum Gasteiger partial charge on any atom is 0.140 e. The molecule has 0 unspecified atom stereocenters. The summed E-state index contributed by atoms with van der Waals surface area (Å²) in [5.74, 6) is 1.07. The van der Waals surface area contributed by atoms with Crippen LogP contribution in [-0.4, -0.2) is 16.1 Å². The Labute approximate surface area is 102 Å². The van der Waals surface area contributed by atoms with E-state index in [9.17, 15) is 0 Å². The fourth-order valence-corrected chi connectivity index (χ4v) is 2.58. The molecule has 0 radical (unpaired) electrons. The van der Waals surface area contributed by atoms with E-state index in [2.05, 4.69) is 43.7 Å². The molecule has 1 aromatic heterocycles. The molecule has 0 saturated heterocycles. The molecule has 3 rings (SSSR count). The largest absolute Gasteiger partial charge is 0.330 e. The quantitative estimate of drug-likeness (QED) is 0.780. The second-order valence-electron chi connectivity index (χ2n) is 4.00. The predicted octanol–water partition coefficient (Wildman–Crippen LogP) is 2.18. The Morgan fingerprint density at radius 1 is 1.44 bits per heavy atom. The van der Waals surface area contributed by atoms with Gasteiger partial charge in [-0.3, -0.25) is 0 Å². The summed E-state index contributed by atoms with van der Waals surface area (Å²) in [4.78, 5) is 4.48. The lowest BCUT2D eigenvalue weighted by Gasteiger charge is -2.02. The highest BCUT2D eigenvalue weighted by Gasteiger charge is 2.21. The molecule has 0 spiro atoms. The minimum atomic E-state index is 0.672. The first-order valence-corrected chi connectivity index (χ1v) is 6.12. The van der Waals surface area contributed by atoms with Crippen LogP contribution in [0, 0.1) is 0 Å². The standard InChI is InChI=1S/C12H12BrN3/c13-9-2-1-8-7-16-10(3-4-14)6-15-12(16)11(8)5-9/h1-2,5-6H,3-4,7,14H2. The number of fused-ring (bicyclic) bond motifs is 3. The third-order valence-corrected chi connectivity index (χ3v) is 3.47. The molecule has 0 amide bonds. The van der Waals surface area contributed by atoms with E-state index in [-0.39, 0.29) is 0 Å². The van der Waals surface area contributed by atoms with E-state index >= 15 is 0 Å². The maximum atomic E-state index is 5.59. The Hall–Kier alpha value is -1.13. The highest BCUT2D eigenvalue weighted by molar-refractivity contribution is 9.10. The van der Waals surface area contributed by atoms with Crippen LogP contribution in [0.3, 0.4) is 0 Å². The van der Waals surface area contributed by atoms with Gasteiger partial charge in [0.05, 0.1) is 6.54 Å². The number of benzene rings is 1. The molecule has 2 N–H and O–H groups in total. The van der Waals surface area contributed by atoms with Crippen molar-refractivity contribution in [2.24, 2.45) is 5.73 Å². The highest BCUT2D eigenvalue weighted by atomic mass is 79.9. The van der Waals surface area contributed by atoms with Gasteiger partial charge in [-0.05, 0) is 24.2 Å². The van der Waals surface area contributed by atoms with Crippen molar-refractivity contribution < 1.29 is 0 Å². The number of rotatable bonds is 2. The van der Waals surface area contributed by atoms with E-state index < -0.39 is 0 Å². The van der Waals surface area contributed by atoms with Gasteiger partial charge in [-0.1, -0.05) is 22.0 Å². The van der Waals surface area contributed by atoms with Crippen molar-refractivity contribution in [2.45, 2.75) is 13.0 Å². The van der Waals surface area contributed by atoms with Crippen LogP contribution in [0.5, 0.6) is 0 Å². The fraction of sp³-hybridized carbons (Fsp3) is 0.250. The molecule has 2 heterocycles. The number of halogens is 1. The number of hydrogen-bond acceptors (Lipinski definition) is 2. The Morgan fingerprint density at radius 2 is 2.31 bits per heavy atom. The summed E-state index contributed by atoms with van der Waals surface area (Å²) in [5, 5.41) is 0. The number of hydrogen-bond donors (Lipinski definition) is 1. The molecule has 3 nitrogen and oxygen atoms in total. The van der Waals surface area contributed by atoms with Gasteiger partial charge in [-0.25, -0.2) is 4.98 Å². The number of nitrogens with two attached hydrogens (primary N) is 1. The van der Waals surface area contributed by atoms with Gasteiger partial charge in [-0.2, -0.15) is 0 Å². The summed E-state index contributed by atoms with van der Waals surface area (Å²) in [5.41, 5.74) is 9.39. The Kier molecular flexibility index (Phi) is 2.33. The first-order chi connectivity index (χ1) is 7.79. The van der Waals surface area contributed by atoms with E-state index in [0.717, 1.165) is 23.3 Å². The van der Waals surface area contributed by atoms with Gasteiger partial charge in [-0.15, -0.1) is 0 Å². The first-order valence-electron chi connectivity index (χ1n) is 5.33. The van der Waals surface area contributed by atoms with Crippen LogP contribution in [0.2, 0.25) is 0 Å². The van der Waals surface area contributed by atoms with Crippen LogP contribution in [0.1, 0.15) is 11.3 Å². The normalized spacial score (nSPS) is 12.6. The van der Waals surface area contributed by atoms with Crippen molar-refractivity contribution in [3.05, 3.63) is 40.1 Å². The van der Waals surface area contributed by atoms with Gasteiger partial charge in [0.25, 0.3) is 0 Å². The lowest BCUT2D eigenvalue weighted by Crippen LogP contribution is -2.07. The minimum absolute atomic E-state index is 0.672. The Morgan fingerprint density at radius 3 is 3.12 bits per heavy atom. The lowest BCUT2D eigenvalue weighted by molar-refractivity contribution is 0.766. The number of aromatic nitrogens is 2. The molecule has 0 aliphatic carbocycles. The molecule has 2 aromatic rings. The first kappa shape index (κ1) is 10.1. The Bertz CT molecular complexity index is 545. The van der Waals surface area contributed by atoms with Crippen LogP contribution in [-0.2, 0) is 13.0 Å². The third-order valence-electron chi connectivity index (χ3n) is 2.98. The third kappa shape index (κ3) is 1.41. The van der Waals surface area contributed by atoms with E-state index in [4.69, 9.17) is 5.73 Å². The monoisotopic (exact) mass is 277 g/mol. The van der Waals surface area contributed by atoms with E-state index in [1.54, 1.807) is 0 Å². The van der Waals surface area contributed by atoms with Crippen molar-refractivity contribution >= 4 is 15.9 Å². The van der Waals surface area contributed by atoms with Crippen molar-refractivity contribution in [2.75, 3.05) is 6.54 Å². The molecule has 1 aromatic carbocycles. The molecular weight excluding hydrogens is 266 g/mol. The van der Waals surface area contributed by atoms with Crippen LogP contribution < -0.4 is 5.73 Å². The zero-order chi connectivity index (χ0) is 11.1. The van der Waals surface area contributed by atoms with Crippen LogP contribution in [0.25, 0.3) is 11.4 Å². The number of nitrogens with zero attached hydrogens (tertiary/aromatic N) is 2. The van der Waals surface area contributed by atoms with Gasteiger partial charge in [0, 0.05) is 28.3 Å². The summed E-state index contributed by atoms with van der Waals surface area (Å²) in [6.07, 6.45) is 2.83. The van der Waals surface area contributed by atoms with E-state index in [0.29, 0.717) is 6.54 Å². The molecule has 82 valence electrons. The SMILES string of the molecule is NCCc1cnc2n1Cc1ccc(Br)cc1-2. The van der Waals surface area contributed by atoms with Gasteiger partial charge < -0.3 is 10.3 Å². The maximum absolute atomic E-state index is 5.59. The van der Waals surface area contributed by atoms with Gasteiger partial charge in [0.2, 0.25) is 0 Å². The summed E-state index contributed by atoms with van der Waals surface area (Å²) in [7, 11) is 0. The summed E-state index contributed by atoms with van der Waals surface area (Å²) < 4.78 is 3.35. The van der Waals surface area contributed by atoms with Crippen molar-refractivity contribution in [3.63, 3.8) is 0 Å². The molecule has 4 heteroatoms. The molecule has 0 saturated carbocycles. The molecule has 0 atom stereocenters. The summed E-state index contributed by atoms with van der Waals surface area (Å²) >= 11 is 3.50. The molecule has 0 bridgehead atoms. The lowest BCUT2D eigenvalue weighted by atomic mass is 10.1. The van der Waals surface area contributed by atoms with Gasteiger partial charge in [0.1, 0.15) is 5.82 Å². The predicted molar refractivity (Wildman–Crippen MR) is 67.2 cm³/mol. The fourth-order valence-electron chi connectivity index (χ4n) is 2.21. The van der Waals surface area contributed by atoms with Crippen molar-refractivity contribution in [1.82, 2.24) is 9.55 Å². The molecule has 16 heavy (non-hydrogen) atoms. The average Bonchev–Trinajstić information content (AvgIpc) is 2.80. The number of imidazole rings is 1. The van der Waals surface area contributed by atoms with Gasteiger partial charge >= 0.3 is 0 Å². The zero-order valence-corrected chi connectivity index (χ0v) is 10.4. The van der Waals surface area contributed by atoms with E-state index in [1.165, 1.54) is 16.8 Å². The minimum Gasteiger partial charge on any atom is -0.330 e. The Balaban J connectivity index is 2.11. The summed E-state index contributed by atoms with van der Waals surface area (Å²) in [6.45, 7) is 1.60. The second-order valence-corrected chi connectivity index (χ2v) is 4.92. The molecule has 1 aliphatic rings. The van der Waals surface area contributed by atoms with Gasteiger partial charge in [0.15, 0.2) is 0 Å². The molecular formula is C12H12BrN3. The highest BCUT2D eigenvalue weighted by Crippen LogP contribution is 2.33. The van der Waals surface area contributed by atoms with Crippen LogP contribution >= 0.6 is 15.9 Å². The smallest absolute Gasteiger partial charge is 0.140 e. The zero-order valence-electron chi connectivity index (χ0n) is 8.78. The average molecular weight is 278 g/mol. The van der Waals surface area contributed by atoms with Crippen molar-refractivity contribution in [3.8, 4) is 11.4 Å². The second kappa shape index (κ2) is 3.71. The van der Waals surface area contributed by atoms with Crippen molar-refractivity contribution in [1.29, 1.82) is 0 Å².